The Morgan fingerprint density at radius 2 is 1.79 bits per heavy atom. The fourth-order valence-electron chi connectivity index (χ4n) is 3.95. The Balaban J connectivity index is 1.82. The van der Waals surface area contributed by atoms with Crippen molar-refractivity contribution in [2.24, 2.45) is 0 Å². The topological polar surface area (TPSA) is 56.6 Å². The van der Waals surface area contributed by atoms with E-state index >= 15 is 0 Å². The van der Waals surface area contributed by atoms with E-state index in [2.05, 4.69) is 43.4 Å². The summed E-state index contributed by atoms with van der Waals surface area (Å²) in [5.41, 5.74) is 0.642. The molecular formula is C26H40ClN3O3Si. The van der Waals surface area contributed by atoms with Crippen LogP contribution in [0.25, 0.3) is 0 Å². The van der Waals surface area contributed by atoms with Crippen molar-refractivity contribution in [3.05, 3.63) is 53.1 Å². The van der Waals surface area contributed by atoms with Crippen molar-refractivity contribution in [2.45, 2.75) is 96.8 Å². The van der Waals surface area contributed by atoms with Crippen molar-refractivity contribution in [3.8, 4) is 0 Å². The lowest BCUT2D eigenvalue weighted by Crippen LogP contribution is -2.45. The summed E-state index contributed by atoms with van der Waals surface area (Å²) in [4.78, 5) is 19.7. The second kappa shape index (κ2) is 10.0. The molecule has 3 rings (SSSR count). The first-order valence-corrected chi connectivity index (χ1v) is 15.4. The van der Waals surface area contributed by atoms with E-state index < -0.39 is 13.9 Å². The molecule has 2 heterocycles. The van der Waals surface area contributed by atoms with Crippen LogP contribution in [0.1, 0.15) is 65.4 Å². The van der Waals surface area contributed by atoms with Gasteiger partial charge in [-0.3, -0.25) is 4.90 Å². The maximum Gasteiger partial charge on any atom is 0.411 e. The lowest BCUT2D eigenvalue weighted by atomic mass is 10.1. The molecule has 0 bridgehead atoms. The van der Waals surface area contributed by atoms with Gasteiger partial charge in [0.1, 0.15) is 11.4 Å². The van der Waals surface area contributed by atoms with E-state index in [1.54, 1.807) is 0 Å². The molecule has 0 spiro atoms. The average Bonchev–Trinajstić information content (AvgIpc) is 3.31. The van der Waals surface area contributed by atoms with Crippen molar-refractivity contribution in [2.75, 3.05) is 6.54 Å². The molecule has 188 valence electrons. The number of carbonyl (C=O) groups excluding carboxylic acids is 1. The molecule has 1 fully saturated rings. The monoisotopic (exact) mass is 505 g/mol. The highest BCUT2D eigenvalue weighted by Gasteiger charge is 2.45. The fraction of sp³-hybridized carbons (Fsp3) is 0.615. The highest BCUT2D eigenvalue weighted by atomic mass is 35.5. The van der Waals surface area contributed by atoms with Gasteiger partial charge >= 0.3 is 6.09 Å². The Labute approximate surface area is 210 Å². The van der Waals surface area contributed by atoms with Crippen molar-refractivity contribution < 1.29 is 14.0 Å². The number of nitrogens with zero attached hydrogens (tertiary/aromatic N) is 3. The minimum atomic E-state index is -1.99. The number of imidazole rings is 1. The molecule has 1 aromatic carbocycles. The molecule has 1 aromatic heterocycles. The van der Waals surface area contributed by atoms with Crippen LogP contribution in [0.15, 0.2) is 36.7 Å². The van der Waals surface area contributed by atoms with Crippen molar-refractivity contribution >= 4 is 26.0 Å². The molecule has 0 saturated carbocycles. The van der Waals surface area contributed by atoms with Gasteiger partial charge in [0.15, 0.2) is 8.32 Å². The zero-order valence-corrected chi connectivity index (χ0v) is 23.6. The summed E-state index contributed by atoms with van der Waals surface area (Å²) in [6.07, 6.45) is 5.01. The van der Waals surface area contributed by atoms with Gasteiger partial charge in [-0.1, -0.05) is 44.5 Å². The van der Waals surface area contributed by atoms with Gasteiger partial charge in [0, 0.05) is 36.9 Å². The molecule has 0 N–H and O–H groups in total. The van der Waals surface area contributed by atoms with E-state index in [1.807, 2.05) is 62.3 Å². The third-order valence-corrected chi connectivity index (χ3v) is 11.5. The number of benzene rings is 1. The van der Waals surface area contributed by atoms with Gasteiger partial charge in [0.2, 0.25) is 0 Å². The van der Waals surface area contributed by atoms with Gasteiger partial charge in [-0.25, -0.2) is 9.78 Å². The Hall–Kier alpha value is -1.83. The first-order chi connectivity index (χ1) is 15.7. The highest BCUT2D eigenvalue weighted by Crippen LogP contribution is 2.41. The molecule has 1 amide bonds. The Morgan fingerprint density at radius 1 is 1.15 bits per heavy atom. The third kappa shape index (κ3) is 6.64. The number of halogens is 1. The second-order valence-electron chi connectivity index (χ2n) is 11.7. The third-order valence-electron chi connectivity index (χ3n) is 6.76. The van der Waals surface area contributed by atoms with Gasteiger partial charge in [-0.15, -0.1) is 0 Å². The lowest BCUT2D eigenvalue weighted by molar-refractivity contribution is 0.0200. The first kappa shape index (κ1) is 26.8. The van der Waals surface area contributed by atoms with E-state index in [-0.39, 0.29) is 23.3 Å². The van der Waals surface area contributed by atoms with Crippen LogP contribution in [-0.2, 0) is 22.1 Å². The molecule has 1 aliphatic heterocycles. The largest absolute Gasteiger partial charge is 0.444 e. The van der Waals surface area contributed by atoms with Crippen LogP contribution in [0.4, 0.5) is 4.79 Å². The Kier molecular flexibility index (Phi) is 7.90. The minimum Gasteiger partial charge on any atom is -0.444 e. The van der Waals surface area contributed by atoms with Gasteiger partial charge < -0.3 is 13.7 Å². The minimum absolute atomic E-state index is 0.0418. The van der Waals surface area contributed by atoms with Crippen molar-refractivity contribution in [3.63, 3.8) is 0 Å². The zero-order valence-electron chi connectivity index (χ0n) is 21.9. The summed E-state index contributed by atoms with van der Waals surface area (Å²) in [6, 6.07) is 7.73. The molecule has 6 nitrogen and oxygen atoms in total. The smallest absolute Gasteiger partial charge is 0.411 e. The highest BCUT2D eigenvalue weighted by molar-refractivity contribution is 6.74. The summed E-state index contributed by atoms with van der Waals surface area (Å²) in [5.74, 6) is 0.876. The van der Waals surface area contributed by atoms with Crippen molar-refractivity contribution in [1.82, 2.24) is 14.5 Å². The maximum atomic E-state index is 13.2. The normalized spacial score (nSPS) is 19.5. The molecule has 2 aromatic rings. The SMILES string of the molecule is CC(C)(C)OC(=O)N1C[C@H](O[Si](C)(C)C(C)(C)C)C[C@H]1c1nccn1CCc1ccc(Cl)cc1. The van der Waals surface area contributed by atoms with Gasteiger partial charge in [0.25, 0.3) is 0 Å². The number of hydrogen-bond donors (Lipinski definition) is 0. The van der Waals surface area contributed by atoms with E-state index in [0.717, 1.165) is 23.8 Å². The summed E-state index contributed by atoms with van der Waals surface area (Å²) in [6.45, 7) is 18.2. The summed E-state index contributed by atoms with van der Waals surface area (Å²) >= 11 is 6.03. The molecule has 1 saturated heterocycles. The van der Waals surface area contributed by atoms with Gasteiger partial charge in [0.05, 0.1) is 12.1 Å². The zero-order chi connectivity index (χ0) is 25.3. The van der Waals surface area contributed by atoms with Gasteiger partial charge in [-0.05, 0) is 63.0 Å². The number of aryl methyl sites for hydroxylation is 2. The number of amides is 1. The number of rotatable bonds is 6. The molecule has 2 atom stereocenters. The predicted octanol–water partition coefficient (Wildman–Crippen LogP) is 6.85. The quantitative estimate of drug-likeness (QED) is 0.403. The van der Waals surface area contributed by atoms with E-state index in [9.17, 15) is 4.79 Å². The van der Waals surface area contributed by atoms with Crippen LogP contribution < -0.4 is 0 Å². The van der Waals surface area contributed by atoms with Crippen LogP contribution in [0.3, 0.4) is 0 Å². The molecular weight excluding hydrogens is 466 g/mol. The van der Waals surface area contributed by atoms with E-state index in [0.29, 0.717) is 13.0 Å². The molecule has 0 radical (unpaired) electrons. The van der Waals surface area contributed by atoms with E-state index in [1.165, 1.54) is 5.56 Å². The van der Waals surface area contributed by atoms with E-state index in [4.69, 9.17) is 20.8 Å². The standard InChI is InChI=1S/C26H40ClN3O3Si/c1-25(2,3)32-24(31)30-18-21(33-34(7,8)26(4,5)6)17-22(30)23-28-14-16-29(23)15-13-19-9-11-20(27)12-10-19/h9-12,14,16,21-22H,13,15,17-18H2,1-8H3/t21-,22+/m1/s1. The first-order valence-electron chi connectivity index (χ1n) is 12.1. The molecule has 34 heavy (non-hydrogen) atoms. The molecule has 0 unspecified atom stereocenters. The number of ether oxygens (including phenoxy) is 1. The van der Waals surface area contributed by atoms with Crippen LogP contribution in [0.2, 0.25) is 23.2 Å². The number of likely N-dealkylation sites (tertiary alicyclic amines) is 1. The maximum absolute atomic E-state index is 13.2. The van der Waals surface area contributed by atoms with Crippen LogP contribution in [0.5, 0.6) is 0 Å². The predicted molar refractivity (Wildman–Crippen MR) is 140 cm³/mol. The number of carbonyl (C=O) groups is 1. The van der Waals surface area contributed by atoms with Crippen LogP contribution in [0, 0.1) is 0 Å². The number of aromatic nitrogens is 2. The summed E-state index contributed by atoms with van der Waals surface area (Å²) < 4.78 is 14.6. The van der Waals surface area contributed by atoms with Crippen molar-refractivity contribution in [1.29, 1.82) is 0 Å². The lowest BCUT2D eigenvalue weighted by Gasteiger charge is -2.38. The van der Waals surface area contributed by atoms with Crippen LogP contribution >= 0.6 is 11.6 Å². The summed E-state index contributed by atoms with van der Waals surface area (Å²) in [7, 11) is -1.99. The average molecular weight is 506 g/mol. The van der Waals surface area contributed by atoms with Gasteiger partial charge in [-0.2, -0.15) is 0 Å². The second-order valence-corrected chi connectivity index (χ2v) is 16.9. The summed E-state index contributed by atoms with van der Waals surface area (Å²) in [5, 5.41) is 0.831. The molecule has 0 aliphatic carbocycles. The van der Waals surface area contributed by atoms with Crippen LogP contribution in [-0.4, -0.2) is 47.1 Å². The fourth-order valence-corrected chi connectivity index (χ4v) is 5.43. The Morgan fingerprint density at radius 3 is 2.38 bits per heavy atom. The molecule has 8 heteroatoms. The Bertz CT molecular complexity index is 976. The molecule has 1 aliphatic rings. The number of hydrogen-bond acceptors (Lipinski definition) is 4.